The molecule has 8 nitrogen and oxygen atoms in total. The third kappa shape index (κ3) is 3.40. The summed E-state index contributed by atoms with van der Waals surface area (Å²) in [6.07, 6.45) is 1.20. The number of unbranched alkanes of at least 4 members (excludes halogenated alkanes) is 1. The standard InChI is InChI=1S/C21H30ClN5O3/c1-5-6-9-25-19(28)17-18(24(3)21(25)29)23-20-26(11-13(2)12-27(17)20)14-7-8-16(30-4)15(22)10-14/h7-8,10,13,17-18,20,23H,5-6,9,11-12H2,1-4H3. The molecule has 4 rings (SSSR count). The summed E-state index contributed by atoms with van der Waals surface area (Å²) in [7, 11) is 3.37. The van der Waals surface area contributed by atoms with Gasteiger partial charge < -0.3 is 14.5 Å². The fraction of sp³-hybridized carbons (Fsp3) is 0.619. The molecule has 0 aliphatic carbocycles. The molecule has 4 atom stereocenters. The van der Waals surface area contributed by atoms with E-state index in [2.05, 4.69) is 29.0 Å². The first kappa shape index (κ1) is 21.2. The number of anilines is 1. The van der Waals surface area contributed by atoms with Gasteiger partial charge in [0.05, 0.1) is 12.1 Å². The zero-order valence-corrected chi connectivity index (χ0v) is 18.7. The fourth-order valence-electron chi connectivity index (χ4n) is 4.78. The Morgan fingerprint density at radius 3 is 2.70 bits per heavy atom. The molecule has 3 heterocycles. The van der Waals surface area contributed by atoms with Crippen LogP contribution in [0.1, 0.15) is 26.7 Å². The van der Waals surface area contributed by atoms with Gasteiger partial charge in [-0.15, -0.1) is 0 Å². The number of nitrogens with one attached hydrogen (secondary N) is 1. The second kappa shape index (κ2) is 8.24. The van der Waals surface area contributed by atoms with E-state index in [9.17, 15) is 9.59 Å². The molecule has 1 aromatic rings. The summed E-state index contributed by atoms with van der Waals surface area (Å²) in [5.74, 6) is 0.873. The molecule has 0 bridgehead atoms. The van der Waals surface area contributed by atoms with Crippen molar-refractivity contribution in [2.45, 2.75) is 45.2 Å². The van der Waals surface area contributed by atoms with E-state index in [1.54, 1.807) is 19.1 Å². The molecular formula is C21H30ClN5O3. The van der Waals surface area contributed by atoms with Gasteiger partial charge in [0, 0.05) is 32.4 Å². The zero-order valence-electron chi connectivity index (χ0n) is 18.0. The van der Waals surface area contributed by atoms with Gasteiger partial charge in [-0.2, -0.15) is 0 Å². The van der Waals surface area contributed by atoms with Crippen LogP contribution in [0.25, 0.3) is 0 Å². The van der Waals surface area contributed by atoms with E-state index in [0.717, 1.165) is 31.6 Å². The molecule has 3 saturated heterocycles. The Hall–Kier alpha value is -2.03. The molecule has 9 heteroatoms. The van der Waals surface area contributed by atoms with Crippen LogP contribution in [0.3, 0.4) is 0 Å². The summed E-state index contributed by atoms with van der Waals surface area (Å²) < 4.78 is 5.29. The monoisotopic (exact) mass is 435 g/mol. The Labute approximate surface area is 182 Å². The largest absolute Gasteiger partial charge is 0.495 e. The van der Waals surface area contributed by atoms with Crippen molar-refractivity contribution in [1.82, 2.24) is 20.0 Å². The van der Waals surface area contributed by atoms with Crippen molar-refractivity contribution < 1.29 is 14.3 Å². The third-order valence-corrected chi connectivity index (χ3v) is 6.58. The van der Waals surface area contributed by atoms with Crippen molar-refractivity contribution in [1.29, 1.82) is 0 Å². The van der Waals surface area contributed by atoms with Crippen LogP contribution in [-0.4, -0.2) is 78.9 Å². The highest BCUT2D eigenvalue weighted by Crippen LogP contribution is 2.36. The molecule has 30 heavy (non-hydrogen) atoms. The van der Waals surface area contributed by atoms with E-state index in [4.69, 9.17) is 16.3 Å². The number of rotatable bonds is 5. The number of halogens is 1. The number of amides is 3. The minimum Gasteiger partial charge on any atom is -0.495 e. The van der Waals surface area contributed by atoms with Crippen molar-refractivity contribution in [3.05, 3.63) is 23.2 Å². The second-order valence-electron chi connectivity index (χ2n) is 8.44. The first-order valence-corrected chi connectivity index (χ1v) is 10.9. The minimum atomic E-state index is -0.395. The Kier molecular flexibility index (Phi) is 5.83. The number of likely N-dealkylation sites (N-methyl/N-ethyl adjacent to an activating group) is 1. The van der Waals surface area contributed by atoms with Crippen molar-refractivity contribution in [2.75, 3.05) is 38.7 Å². The number of carbonyl (C=O) groups is 2. The van der Waals surface area contributed by atoms with Crippen LogP contribution < -0.4 is 15.0 Å². The topological polar surface area (TPSA) is 68.4 Å². The van der Waals surface area contributed by atoms with Crippen molar-refractivity contribution in [3.8, 4) is 5.75 Å². The Bertz CT molecular complexity index is 837. The van der Waals surface area contributed by atoms with Gasteiger partial charge in [0.25, 0.3) is 5.91 Å². The van der Waals surface area contributed by atoms with Gasteiger partial charge >= 0.3 is 6.03 Å². The number of carbonyl (C=O) groups excluding carboxylic acids is 2. The predicted molar refractivity (Wildman–Crippen MR) is 115 cm³/mol. The molecular weight excluding hydrogens is 406 g/mol. The van der Waals surface area contributed by atoms with Crippen LogP contribution >= 0.6 is 11.6 Å². The molecule has 0 saturated carbocycles. The maximum absolute atomic E-state index is 13.4. The van der Waals surface area contributed by atoms with E-state index in [1.165, 1.54) is 4.90 Å². The quantitative estimate of drug-likeness (QED) is 0.765. The predicted octanol–water partition coefficient (Wildman–Crippen LogP) is 2.38. The molecule has 0 radical (unpaired) electrons. The molecule has 3 fully saturated rings. The van der Waals surface area contributed by atoms with E-state index in [-0.39, 0.29) is 24.4 Å². The third-order valence-electron chi connectivity index (χ3n) is 6.29. The van der Waals surface area contributed by atoms with Crippen LogP contribution in [-0.2, 0) is 4.79 Å². The number of hydrogen-bond donors (Lipinski definition) is 1. The molecule has 3 amide bonds. The summed E-state index contributed by atoms with van der Waals surface area (Å²) in [6, 6.07) is 5.11. The van der Waals surface area contributed by atoms with Crippen molar-refractivity contribution in [2.24, 2.45) is 5.92 Å². The van der Waals surface area contributed by atoms with Gasteiger partial charge in [0.2, 0.25) is 0 Å². The number of hydrogen-bond acceptors (Lipinski definition) is 6. The van der Waals surface area contributed by atoms with Gasteiger partial charge in [0.15, 0.2) is 0 Å². The maximum atomic E-state index is 13.4. The lowest BCUT2D eigenvalue weighted by molar-refractivity contribution is -0.138. The van der Waals surface area contributed by atoms with Gasteiger partial charge in [-0.3, -0.25) is 19.9 Å². The SMILES string of the molecule is CCCCN1C(=O)C2C(NC3N(c4ccc(OC)c(Cl)c4)CC(C)CN23)N(C)C1=O. The minimum absolute atomic E-state index is 0.103. The van der Waals surface area contributed by atoms with Crippen LogP contribution in [0, 0.1) is 5.92 Å². The number of benzene rings is 1. The Morgan fingerprint density at radius 1 is 1.27 bits per heavy atom. The van der Waals surface area contributed by atoms with E-state index < -0.39 is 6.04 Å². The second-order valence-corrected chi connectivity index (χ2v) is 8.85. The lowest BCUT2D eigenvalue weighted by Crippen LogP contribution is -2.66. The maximum Gasteiger partial charge on any atom is 0.327 e. The lowest BCUT2D eigenvalue weighted by Gasteiger charge is -2.46. The molecule has 1 aromatic carbocycles. The number of urea groups is 1. The fourth-order valence-corrected chi connectivity index (χ4v) is 5.03. The summed E-state index contributed by atoms with van der Waals surface area (Å²) >= 11 is 6.38. The number of nitrogens with zero attached hydrogens (tertiary/aromatic N) is 4. The number of ether oxygens (including phenoxy) is 1. The molecule has 3 aliphatic heterocycles. The van der Waals surface area contributed by atoms with E-state index in [1.807, 2.05) is 18.2 Å². The van der Waals surface area contributed by atoms with Gasteiger partial charge in [0.1, 0.15) is 24.2 Å². The highest BCUT2D eigenvalue weighted by molar-refractivity contribution is 6.32. The molecule has 0 aromatic heterocycles. The highest BCUT2D eigenvalue weighted by Gasteiger charge is 2.56. The van der Waals surface area contributed by atoms with E-state index >= 15 is 0 Å². The van der Waals surface area contributed by atoms with Crippen LogP contribution in [0.4, 0.5) is 10.5 Å². The zero-order chi connectivity index (χ0) is 21.6. The summed E-state index contributed by atoms with van der Waals surface area (Å²) in [4.78, 5) is 33.7. The average molecular weight is 436 g/mol. The first-order chi connectivity index (χ1) is 14.4. The highest BCUT2D eigenvalue weighted by atomic mass is 35.5. The van der Waals surface area contributed by atoms with Crippen molar-refractivity contribution in [3.63, 3.8) is 0 Å². The van der Waals surface area contributed by atoms with Gasteiger partial charge in [-0.05, 0) is 30.5 Å². The normalized spacial score (nSPS) is 29.3. The van der Waals surface area contributed by atoms with Crippen LogP contribution in [0.15, 0.2) is 18.2 Å². The smallest absolute Gasteiger partial charge is 0.327 e. The van der Waals surface area contributed by atoms with E-state index in [0.29, 0.717) is 23.2 Å². The van der Waals surface area contributed by atoms with Crippen LogP contribution in [0.5, 0.6) is 5.75 Å². The van der Waals surface area contributed by atoms with Crippen molar-refractivity contribution >= 4 is 29.2 Å². The number of imide groups is 1. The summed E-state index contributed by atoms with van der Waals surface area (Å²) in [5.41, 5.74) is 0.956. The lowest BCUT2D eigenvalue weighted by atomic mass is 10.0. The van der Waals surface area contributed by atoms with Gasteiger partial charge in [-0.25, -0.2) is 4.79 Å². The van der Waals surface area contributed by atoms with Crippen LogP contribution in [0.2, 0.25) is 5.02 Å². The first-order valence-electron chi connectivity index (χ1n) is 10.6. The molecule has 4 unspecified atom stereocenters. The Morgan fingerprint density at radius 2 is 2.03 bits per heavy atom. The number of methoxy groups -OCH3 is 1. The molecule has 0 spiro atoms. The van der Waals surface area contributed by atoms with Gasteiger partial charge in [-0.1, -0.05) is 31.9 Å². The number of fused-ring (bicyclic) bond motifs is 3. The average Bonchev–Trinajstić information content (AvgIpc) is 3.11. The molecule has 3 aliphatic rings. The Balaban J connectivity index is 1.65. The summed E-state index contributed by atoms with van der Waals surface area (Å²) in [5, 5.41) is 4.08. The molecule has 1 N–H and O–H groups in total. The summed E-state index contributed by atoms with van der Waals surface area (Å²) in [6.45, 7) is 6.31. The molecule has 164 valence electrons.